The van der Waals surface area contributed by atoms with Gasteiger partial charge in [0.2, 0.25) is 0 Å². The Morgan fingerprint density at radius 3 is 2.40 bits per heavy atom. The van der Waals surface area contributed by atoms with E-state index in [1.54, 1.807) is 11.3 Å². The van der Waals surface area contributed by atoms with Crippen molar-refractivity contribution in [1.82, 2.24) is 9.13 Å². The van der Waals surface area contributed by atoms with Crippen molar-refractivity contribution in [2.45, 2.75) is 82.2 Å². The predicted octanol–water partition coefficient (Wildman–Crippen LogP) is 8.10. The zero-order chi connectivity index (χ0) is 31.6. The van der Waals surface area contributed by atoms with Crippen LogP contribution in [0.3, 0.4) is 0 Å². The van der Waals surface area contributed by atoms with Gasteiger partial charge < -0.3 is 9.13 Å². The van der Waals surface area contributed by atoms with Crippen molar-refractivity contribution in [2.24, 2.45) is 5.92 Å². The molecule has 10 rings (SSSR count). The van der Waals surface area contributed by atoms with Gasteiger partial charge in [0, 0.05) is 61.9 Å². The van der Waals surface area contributed by atoms with E-state index in [-0.39, 0.29) is 0 Å². The Labute approximate surface area is 283 Å². The summed E-state index contributed by atoms with van der Waals surface area (Å²) in [5.74, 6) is 0.887. The fourth-order valence-electron chi connectivity index (χ4n) is 9.87. The van der Waals surface area contributed by atoms with Crippen LogP contribution in [0.4, 0.5) is 0 Å². The Bertz CT molecular complexity index is 2380. The fraction of sp³-hybridized carbons (Fsp3) is 0.304. The molecular weight excluding hydrogens is 581 g/mol. The van der Waals surface area contributed by atoms with Gasteiger partial charge in [0.25, 0.3) is 0 Å². The van der Waals surface area contributed by atoms with Crippen molar-refractivity contribution >= 4 is 47.4 Å². The van der Waals surface area contributed by atoms with E-state index in [9.17, 15) is 0 Å². The maximum absolute atomic E-state index is 2.81. The van der Waals surface area contributed by atoms with E-state index in [4.69, 9.17) is 0 Å². The van der Waals surface area contributed by atoms with Crippen LogP contribution in [0.5, 0.6) is 0 Å². The summed E-state index contributed by atoms with van der Waals surface area (Å²) >= 11 is 0. The summed E-state index contributed by atoms with van der Waals surface area (Å²) < 4.78 is 5.49. The average Bonchev–Trinajstić information content (AvgIpc) is 3.67. The number of aromatic nitrogens is 2. The summed E-state index contributed by atoms with van der Waals surface area (Å²) in [7, 11) is 0. The lowest BCUT2D eigenvalue weighted by atomic mass is 9.81. The van der Waals surface area contributed by atoms with Gasteiger partial charge in [-0.3, -0.25) is 0 Å². The van der Waals surface area contributed by atoms with Gasteiger partial charge in [-0.1, -0.05) is 115 Å². The van der Waals surface area contributed by atoms with Gasteiger partial charge in [-0.15, -0.1) is 0 Å². The van der Waals surface area contributed by atoms with Crippen molar-refractivity contribution < 1.29 is 0 Å². The highest BCUT2D eigenvalue weighted by Crippen LogP contribution is 2.40. The third-order valence-electron chi connectivity index (χ3n) is 12.1. The number of nitrogens with zero attached hydrogens (tertiary/aromatic N) is 2. The lowest BCUT2D eigenvalue weighted by Gasteiger charge is -2.34. The summed E-state index contributed by atoms with van der Waals surface area (Å²) in [6, 6.07) is 17.2. The van der Waals surface area contributed by atoms with Crippen LogP contribution in [0.25, 0.3) is 47.4 Å². The number of hydrogen-bond acceptors (Lipinski definition) is 0. The van der Waals surface area contributed by atoms with Gasteiger partial charge in [0.1, 0.15) is 0 Å². The topological polar surface area (TPSA) is 9.86 Å². The second-order valence-electron chi connectivity index (χ2n) is 14.7. The zero-order valence-electron chi connectivity index (χ0n) is 27.8. The third-order valence-corrected chi connectivity index (χ3v) is 12.1. The second-order valence-corrected chi connectivity index (χ2v) is 14.7. The average molecular weight is 625 g/mol. The van der Waals surface area contributed by atoms with E-state index >= 15 is 0 Å². The number of benzene rings is 2. The number of allylic oxidation sites excluding steroid dienone is 8. The van der Waals surface area contributed by atoms with Crippen LogP contribution in [0.1, 0.15) is 97.4 Å². The van der Waals surface area contributed by atoms with E-state index < -0.39 is 0 Å². The van der Waals surface area contributed by atoms with E-state index in [0.717, 1.165) is 38.5 Å². The van der Waals surface area contributed by atoms with E-state index in [2.05, 4.69) is 131 Å². The Kier molecular flexibility index (Phi) is 6.85. The Balaban J connectivity index is 1.08. The molecule has 4 atom stereocenters. The predicted molar refractivity (Wildman–Crippen MR) is 202 cm³/mol. The lowest BCUT2D eigenvalue weighted by molar-refractivity contribution is 0.363. The second kappa shape index (κ2) is 11.5. The smallest absolute Gasteiger partial charge is 0.0563 e. The van der Waals surface area contributed by atoms with Crippen LogP contribution in [0.2, 0.25) is 0 Å². The monoisotopic (exact) mass is 624 g/mol. The van der Waals surface area contributed by atoms with Crippen molar-refractivity contribution in [3.63, 3.8) is 0 Å². The van der Waals surface area contributed by atoms with Crippen LogP contribution < -0.4 is 21.0 Å². The molecule has 0 spiro atoms. The molecule has 0 N–H and O–H groups in total. The molecule has 0 aliphatic heterocycles. The molecule has 0 amide bonds. The standard InChI is InChI=1S/C46H44N2/c1-2-13-32(14-3-1)37-16-6-9-19-42(37)48-44-21-11-8-18-39(44)41-30-35(24-27-46(41)48)34-23-26-45-40(29-34)38-17-7-10-20-43(38)47(45)36-25-22-31-12-4-5-15-33(31)28-36/h1-2,4-8,12-13,15-18,22-23,26-30,35-37,42H,3,9-11,14,19-21,24-25H2/t35?,36-,37+,42?/m0/s1. The molecule has 2 aromatic heterocycles. The molecule has 2 unspecified atom stereocenters. The van der Waals surface area contributed by atoms with Gasteiger partial charge in [0.05, 0.1) is 6.04 Å². The Morgan fingerprint density at radius 2 is 1.52 bits per heavy atom. The van der Waals surface area contributed by atoms with Crippen LogP contribution in [-0.2, 0) is 12.8 Å². The molecule has 0 fully saturated rings. The maximum Gasteiger partial charge on any atom is 0.0563 e. The first-order valence-corrected chi connectivity index (χ1v) is 18.6. The molecule has 2 nitrogen and oxygen atoms in total. The summed E-state index contributed by atoms with van der Waals surface area (Å²) in [6.07, 6.45) is 43.2. The first-order chi connectivity index (χ1) is 23.8. The van der Waals surface area contributed by atoms with Gasteiger partial charge in [0.15, 0.2) is 0 Å². The number of fused-ring (bicyclic) bond motifs is 7. The maximum atomic E-state index is 2.81. The van der Waals surface area contributed by atoms with Gasteiger partial charge >= 0.3 is 0 Å². The molecule has 48 heavy (non-hydrogen) atoms. The molecule has 0 saturated heterocycles. The quantitative estimate of drug-likeness (QED) is 0.203. The SMILES string of the molecule is C1=CCCC([C@H]2C=CCCC2n2c3c(c4c2=CCC(c2ccc5c(c2)c2c(n5[C@@H]5C=c6ccccc6=CC5)CCC=C2)C=4)C=CCC3)=C1. The van der Waals surface area contributed by atoms with Crippen LogP contribution >= 0.6 is 0 Å². The van der Waals surface area contributed by atoms with Crippen LogP contribution in [-0.4, -0.2) is 9.13 Å². The molecule has 238 valence electrons. The van der Waals surface area contributed by atoms with Crippen molar-refractivity contribution in [3.05, 3.63) is 140 Å². The molecule has 2 heteroatoms. The van der Waals surface area contributed by atoms with Gasteiger partial charge in [-0.05, 0) is 92.3 Å². The third kappa shape index (κ3) is 4.52. The van der Waals surface area contributed by atoms with Crippen LogP contribution in [0.15, 0.2) is 90.6 Å². The van der Waals surface area contributed by atoms with Gasteiger partial charge in [-0.2, -0.15) is 0 Å². The Hall–Kier alpha value is -4.56. The zero-order valence-corrected chi connectivity index (χ0v) is 27.8. The van der Waals surface area contributed by atoms with Crippen molar-refractivity contribution in [2.75, 3.05) is 0 Å². The Morgan fingerprint density at radius 1 is 0.688 bits per heavy atom. The summed E-state index contributed by atoms with van der Waals surface area (Å²) in [6.45, 7) is 0. The molecule has 6 aliphatic carbocycles. The van der Waals surface area contributed by atoms with E-state index in [0.29, 0.717) is 23.9 Å². The van der Waals surface area contributed by atoms with Crippen molar-refractivity contribution in [1.29, 1.82) is 0 Å². The van der Waals surface area contributed by atoms with E-state index in [1.807, 2.05) is 0 Å². The number of rotatable bonds is 4. The highest BCUT2D eigenvalue weighted by Gasteiger charge is 2.31. The fourth-order valence-corrected chi connectivity index (χ4v) is 9.87. The molecule has 0 radical (unpaired) electrons. The summed E-state index contributed by atoms with van der Waals surface area (Å²) in [4.78, 5) is 0. The lowest BCUT2D eigenvalue weighted by Crippen LogP contribution is -2.38. The minimum Gasteiger partial charge on any atom is -0.340 e. The van der Waals surface area contributed by atoms with E-state index in [1.165, 1.54) is 80.0 Å². The van der Waals surface area contributed by atoms with Crippen molar-refractivity contribution in [3.8, 4) is 0 Å². The molecule has 0 saturated carbocycles. The largest absolute Gasteiger partial charge is 0.340 e. The van der Waals surface area contributed by atoms with Crippen LogP contribution in [0, 0.1) is 5.92 Å². The molecule has 6 aliphatic rings. The molecule has 2 aromatic carbocycles. The first-order valence-electron chi connectivity index (χ1n) is 18.6. The first kappa shape index (κ1) is 28.5. The minimum absolute atomic E-state index is 0.359. The minimum atomic E-state index is 0.359. The molecule has 2 heterocycles. The van der Waals surface area contributed by atoms with Gasteiger partial charge in [-0.25, -0.2) is 0 Å². The normalized spacial score (nSPS) is 25.1. The molecule has 0 bridgehead atoms. The molecular formula is C46H44N2. The summed E-state index contributed by atoms with van der Waals surface area (Å²) in [5.41, 5.74) is 10.5. The summed E-state index contributed by atoms with van der Waals surface area (Å²) in [5, 5.41) is 7.12. The highest BCUT2D eigenvalue weighted by atomic mass is 15.0. The highest BCUT2D eigenvalue weighted by molar-refractivity contribution is 5.93. The number of hydrogen-bond donors (Lipinski definition) is 0. The molecule has 4 aromatic rings.